The fourth-order valence-electron chi connectivity index (χ4n) is 5.55. The van der Waals surface area contributed by atoms with Gasteiger partial charge in [0.2, 0.25) is 5.91 Å². The standard InChI is InChI=1S/C29H40N2O4/c1-18(2)9-6-10-19(3)11-7-13-29(5)20(4)15-22-25(32)16-21-23(26(22)35-29)17-31(28(21)34)24-12-8-14-30-27(24)33/h9,11,16,20,24,32H,6-8,10,12-15,17H2,1-5H3,(H,30,33)/b19-11+/t20-,24?,29-/m1/s1. The summed E-state index contributed by atoms with van der Waals surface area (Å²) in [6.45, 7) is 11.8. The molecule has 3 heterocycles. The molecule has 3 aliphatic rings. The third kappa shape index (κ3) is 5.12. The molecule has 0 aromatic heterocycles. The number of fused-ring (bicyclic) bond motifs is 3. The Bertz CT molecular complexity index is 1070. The molecular formula is C29H40N2O4. The molecule has 0 aliphatic carbocycles. The fraction of sp³-hybridized carbons (Fsp3) is 0.586. The van der Waals surface area contributed by atoms with Crippen LogP contribution in [0.4, 0.5) is 0 Å². The van der Waals surface area contributed by atoms with E-state index in [9.17, 15) is 14.7 Å². The zero-order valence-corrected chi connectivity index (χ0v) is 21.9. The number of hydrogen-bond donors (Lipinski definition) is 2. The molecule has 35 heavy (non-hydrogen) atoms. The first-order valence-electron chi connectivity index (χ1n) is 13.0. The van der Waals surface area contributed by atoms with Gasteiger partial charge in [0.15, 0.2) is 0 Å². The predicted octanol–water partition coefficient (Wildman–Crippen LogP) is 5.43. The molecule has 6 heteroatoms. The van der Waals surface area contributed by atoms with Gasteiger partial charge in [-0.05, 0) is 84.6 Å². The van der Waals surface area contributed by atoms with E-state index in [2.05, 4.69) is 52.1 Å². The van der Waals surface area contributed by atoms with Crippen molar-refractivity contribution in [2.45, 2.75) is 97.8 Å². The summed E-state index contributed by atoms with van der Waals surface area (Å²) in [6.07, 6.45) is 10.7. The van der Waals surface area contributed by atoms with Crippen molar-refractivity contribution in [1.82, 2.24) is 10.2 Å². The van der Waals surface area contributed by atoms with E-state index in [0.29, 0.717) is 37.2 Å². The second-order valence-electron chi connectivity index (χ2n) is 11.0. The van der Waals surface area contributed by atoms with Gasteiger partial charge in [0.05, 0.1) is 12.1 Å². The lowest BCUT2D eigenvalue weighted by Crippen LogP contribution is -2.50. The largest absolute Gasteiger partial charge is 0.508 e. The molecule has 3 aliphatic heterocycles. The van der Waals surface area contributed by atoms with Gasteiger partial charge >= 0.3 is 0 Å². The molecule has 0 spiro atoms. The summed E-state index contributed by atoms with van der Waals surface area (Å²) in [5.41, 5.74) is 4.40. The number of aromatic hydroxyl groups is 1. The topological polar surface area (TPSA) is 78.9 Å². The molecule has 2 N–H and O–H groups in total. The molecule has 2 amide bonds. The van der Waals surface area contributed by atoms with E-state index in [4.69, 9.17) is 4.74 Å². The fourth-order valence-corrected chi connectivity index (χ4v) is 5.55. The highest BCUT2D eigenvalue weighted by Crippen LogP contribution is 2.48. The number of amides is 2. The molecule has 4 rings (SSSR count). The molecule has 0 radical (unpaired) electrons. The molecule has 1 fully saturated rings. The smallest absolute Gasteiger partial charge is 0.255 e. The van der Waals surface area contributed by atoms with Gasteiger partial charge in [0, 0.05) is 17.7 Å². The van der Waals surface area contributed by atoms with Gasteiger partial charge in [-0.1, -0.05) is 30.2 Å². The Balaban J connectivity index is 1.53. The first kappa shape index (κ1) is 25.3. The van der Waals surface area contributed by atoms with Gasteiger partial charge in [0.25, 0.3) is 5.91 Å². The maximum absolute atomic E-state index is 13.2. The number of phenolic OH excluding ortho intramolecular Hbond substituents is 1. The lowest BCUT2D eigenvalue weighted by Gasteiger charge is -2.42. The number of carbonyl (C=O) groups excluding carboxylic acids is 2. The number of nitrogens with zero attached hydrogens (tertiary/aromatic N) is 1. The molecule has 1 aromatic carbocycles. The minimum absolute atomic E-state index is 0.0957. The number of piperidine rings is 1. The van der Waals surface area contributed by atoms with Crippen molar-refractivity contribution in [3.8, 4) is 11.5 Å². The van der Waals surface area contributed by atoms with Crippen LogP contribution in [-0.4, -0.2) is 40.0 Å². The van der Waals surface area contributed by atoms with Gasteiger partial charge in [-0.2, -0.15) is 0 Å². The van der Waals surface area contributed by atoms with E-state index in [1.165, 1.54) is 11.1 Å². The number of ether oxygens (including phenoxy) is 1. The third-order valence-corrected chi connectivity index (χ3v) is 8.03. The summed E-state index contributed by atoms with van der Waals surface area (Å²) in [5.74, 6) is 0.694. The Labute approximate surface area is 209 Å². The van der Waals surface area contributed by atoms with Crippen LogP contribution in [0.15, 0.2) is 29.4 Å². The molecular weight excluding hydrogens is 440 g/mol. The van der Waals surface area contributed by atoms with E-state index in [1.54, 1.807) is 11.0 Å². The molecule has 6 nitrogen and oxygen atoms in total. The normalized spacial score (nSPS) is 26.1. The zero-order valence-electron chi connectivity index (χ0n) is 21.9. The van der Waals surface area contributed by atoms with Crippen molar-refractivity contribution < 1.29 is 19.4 Å². The van der Waals surface area contributed by atoms with Crippen molar-refractivity contribution in [3.63, 3.8) is 0 Å². The Morgan fingerprint density at radius 3 is 2.71 bits per heavy atom. The number of hydrogen-bond acceptors (Lipinski definition) is 4. The molecule has 1 saturated heterocycles. The molecule has 3 atom stereocenters. The summed E-state index contributed by atoms with van der Waals surface area (Å²) >= 11 is 0. The van der Waals surface area contributed by atoms with Crippen LogP contribution in [-0.2, 0) is 17.8 Å². The molecule has 1 unspecified atom stereocenters. The van der Waals surface area contributed by atoms with Crippen molar-refractivity contribution in [2.75, 3.05) is 6.54 Å². The molecule has 0 saturated carbocycles. The van der Waals surface area contributed by atoms with Gasteiger partial charge in [-0.25, -0.2) is 0 Å². The lowest BCUT2D eigenvalue weighted by molar-refractivity contribution is -0.127. The van der Waals surface area contributed by atoms with Crippen LogP contribution in [0.1, 0.15) is 94.6 Å². The van der Waals surface area contributed by atoms with Gasteiger partial charge in [-0.15, -0.1) is 0 Å². The second-order valence-corrected chi connectivity index (χ2v) is 11.0. The first-order valence-corrected chi connectivity index (χ1v) is 13.0. The maximum atomic E-state index is 13.2. The monoisotopic (exact) mass is 480 g/mol. The Morgan fingerprint density at radius 2 is 2.00 bits per heavy atom. The minimum atomic E-state index is -0.463. The summed E-state index contributed by atoms with van der Waals surface area (Å²) in [7, 11) is 0. The van der Waals surface area contributed by atoms with E-state index < -0.39 is 11.6 Å². The highest BCUT2D eigenvalue weighted by atomic mass is 16.5. The highest BCUT2D eigenvalue weighted by Gasteiger charge is 2.45. The lowest BCUT2D eigenvalue weighted by atomic mass is 9.78. The van der Waals surface area contributed by atoms with E-state index in [1.807, 2.05) is 0 Å². The van der Waals surface area contributed by atoms with Gasteiger partial charge < -0.3 is 20.1 Å². The van der Waals surface area contributed by atoms with Crippen LogP contribution < -0.4 is 10.1 Å². The number of benzene rings is 1. The third-order valence-electron chi connectivity index (χ3n) is 8.03. The summed E-state index contributed by atoms with van der Waals surface area (Å²) in [6, 6.07) is 1.11. The second kappa shape index (κ2) is 10.1. The van der Waals surface area contributed by atoms with E-state index in [-0.39, 0.29) is 23.5 Å². The van der Waals surface area contributed by atoms with Crippen LogP contribution in [0.25, 0.3) is 0 Å². The van der Waals surface area contributed by atoms with Crippen molar-refractivity contribution in [1.29, 1.82) is 0 Å². The number of carbonyl (C=O) groups is 2. The Hall–Kier alpha value is -2.76. The average molecular weight is 481 g/mol. The molecule has 190 valence electrons. The number of phenols is 1. The summed E-state index contributed by atoms with van der Waals surface area (Å²) < 4.78 is 6.68. The maximum Gasteiger partial charge on any atom is 0.255 e. The summed E-state index contributed by atoms with van der Waals surface area (Å²) in [4.78, 5) is 27.4. The number of nitrogens with one attached hydrogen (secondary N) is 1. The van der Waals surface area contributed by atoms with E-state index in [0.717, 1.165) is 43.2 Å². The summed E-state index contributed by atoms with van der Waals surface area (Å²) in [5, 5.41) is 13.7. The van der Waals surface area contributed by atoms with Crippen molar-refractivity contribution >= 4 is 11.8 Å². The SMILES string of the molecule is CC(C)=CCC/C(C)=C/CC[C@@]1(C)Oc2c(c(O)cc3c2CN(C2CCCNC2=O)C3=O)C[C@H]1C. The zero-order chi connectivity index (χ0) is 25.3. The van der Waals surface area contributed by atoms with Crippen LogP contribution in [0, 0.1) is 5.92 Å². The highest BCUT2D eigenvalue weighted by molar-refractivity contribution is 6.02. The van der Waals surface area contributed by atoms with Crippen molar-refractivity contribution in [3.05, 3.63) is 46.1 Å². The van der Waals surface area contributed by atoms with Crippen molar-refractivity contribution in [2.24, 2.45) is 5.92 Å². The number of rotatable bonds is 7. The van der Waals surface area contributed by atoms with Crippen LogP contribution in [0.5, 0.6) is 11.5 Å². The van der Waals surface area contributed by atoms with E-state index >= 15 is 0 Å². The first-order chi connectivity index (χ1) is 16.6. The Morgan fingerprint density at radius 1 is 1.23 bits per heavy atom. The molecule has 0 bridgehead atoms. The molecule has 1 aromatic rings. The average Bonchev–Trinajstić information content (AvgIpc) is 3.11. The van der Waals surface area contributed by atoms with Gasteiger partial charge in [-0.3, -0.25) is 9.59 Å². The minimum Gasteiger partial charge on any atom is -0.508 e. The number of allylic oxidation sites excluding steroid dienone is 4. The van der Waals surface area contributed by atoms with Crippen LogP contribution in [0.2, 0.25) is 0 Å². The van der Waals surface area contributed by atoms with Crippen LogP contribution >= 0.6 is 0 Å². The predicted molar refractivity (Wildman–Crippen MR) is 138 cm³/mol. The Kier molecular flexibility index (Phi) is 7.30. The quantitative estimate of drug-likeness (QED) is 0.510. The van der Waals surface area contributed by atoms with Gasteiger partial charge in [0.1, 0.15) is 23.1 Å². The van der Waals surface area contributed by atoms with Crippen LogP contribution in [0.3, 0.4) is 0 Å².